The van der Waals surface area contributed by atoms with E-state index < -0.39 is 5.82 Å². The number of hydrogen-bond donors (Lipinski definition) is 1. The third-order valence-electron chi connectivity index (χ3n) is 2.71. The number of halogens is 2. The number of aromatic amines is 1. The van der Waals surface area contributed by atoms with Crippen LogP contribution in [0.1, 0.15) is 10.4 Å². The van der Waals surface area contributed by atoms with Crippen LogP contribution in [0.5, 0.6) is 0 Å². The smallest absolute Gasteiger partial charge is 0.182 e. The van der Waals surface area contributed by atoms with Gasteiger partial charge in [-0.05, 0) is 24.3 Å². The van der Waals surface area contributed by atoms with Crippen LogP contribution < -0.4 is 0 Å². The third kappa shape index (κ3) is 6.66. The number of aldehydes is 3. The normalized spacial score (nSPS) is 8.88. The summed E-state index contributed by atoms with van der Waals surface area (Å²) >= 11 is 0. The van der Waals surface area contributed by atoms with Crippen LogP contribution in [0.3, 0.4) is 0 Å². The number of hydrogen-bond acceptors (Lipinski definition) is 4. The van der Waals surface area contributed by atoms with Crippen LogP contribution in [0.15, 0.2) is 60.9 Å². The van der Waals surface area contributed by atoms with Crippen molar-refractivity contribution in [3.8, 4) is 11.4 Å². The summed E-state index contributed by atoms with van der Waals surface area (Å²) in [4.78, 5) is 34.4. The molecule has 0 fully saturated rings. The second-order valence-corrected chi connectivity index (χ2v) is 4.33. The molecule has 3 aromatic rings. The number of carbonyl (C=O) groups excluding carboxylic acids is 3. The summed E-state index contributed by atoms with van der Waals surface area (Å²) in [6, 6.07) is 12.4. The quantitative estimate of drug-likeness (QED) is 0.584. The minimum Gasteiger partial charge on any atom is -0.345 e. The maximum Gasteiger partial charge on any atom is 0.182 e. The number of nitrogens with one attached hydrogen (secondary N) is 1. The molecule has 128 valence electrons. The Balaban J connectivity index is 0.000000213. The molecular formula is C18H14F2N2O3. The van der Waals surface area contributed by atoms with E-state index in [1.807, 2.05) is 0 Å². The Hall–Kier alpha value is -3.48. The largest absolute Gasteiger partial charge is 0.345 e. The van der Waals surface area contributed by atoms with Gasteiger partial charge in [0, 0.05) is 12.4 Å². The van der Waals surface area contributed by atoms with Gasteiger partial charge in [-0.25, -0.2) is 13.8 Å². The lowest BCUT2D eigenvalue weighted by Gasteiger charge is -1.96. The molecule has 0 bridgehead atoms. The summed E-state index contributed by atoms with van der Waals surface area (Å²) in [7, 11) is 0. The number of rotatable bonds is 3. The van der Waals surface area contributed by atoms with Crippen molar-refractivity contribution in [1.29, 1.82) is 0 Å². The molecular weight excluding hydrogens is 330 g/mol. The molecule has 25 heavy (non-hydrogen) atoms. The van der Waals surface area contributed by atoms with Gasteiger partial charge in [-0.2, -0.15) is 0 Å². The zero-order chi connectivity index (χ0) is 18.5. The molecule has 0 saturated carbocycles. The number of imidazole rings is 1. The van der Waals surface area contributed by atoms with Crippen molar-refractivity contribution in [3.05, 3.63) is 78.1 Å². The van der Waals surface area contributed by atoms with E-state index >= 15 is 0 Å². The van der Waals surface area contributed by atoms with E-state index in [1.165, 1.54) is 18.2 Å². The summed E-state index contributed by atoms with van der Waals surface area (Å²) < 4.78 is 25.5. The molecule has 0 radical (unpaired) electrons. The second kappa shape index (κ2) is 11.1. The highest BCUT2D eigenvalue weighted by Gasteiger charge is 2.04. The summed E-state index contributed by atoms with van der Waals surface area (Å²) in [5.41, 5.74) is 0.611. The molecule has 0 aliphatic heterocycles. The number of benzene rings is 2. The van der Waals surface area contributed by atoms with E-state index in [1.54, 1.807) is 42.7 Å². The molecule has 7 heteroatoms. The molecule has 3 rings (SSSR count). The van der Waals surface area contributed by atoms with Crippen LogP contribution in [-0.4, -0.2) is 28.8 Å². The summed E-state index contributed by atoms with van der Waals surface area (Å²) in [6.07, 6.45) is 4.15. The average Bonchev–Trinajstić information content (AvgIpc) is 3.18. The lowest BCUT2D eigenvalue weighted by molar-refractivity contribution is -0.122. The maximum atomic E-state index is 13.1. The Morgan fingerprint density at radius 3 is 1.88 bits per heavy atom. The molecule has 5 nitrogen and oxygen atoms in total. The van der Waals surface area contributed by atoms with E-state index in [4.69, 9.17) is 9.59 Å². The first-order chi connectivity index (χ1) is 12.1. The van der Waals surface area contributed by atoms with Gasteiger partial charge < -0.3 is 4.98 Å². The van der Waals surface area contributed by atoms with Crippen LogP contribution in [0, 0.1) is 11.6 Å². The first-order valence-electron chi connectivity index (χ1n) is 6.97. The average molecular weight is 344 g/mol. The van der Waals surface area contributed by atoms with Crippen molar-refractivity contribution < 1.29 is 23.2 Å². The predicted molar refractivity (Wildman–Crippen MR) is 87.9 cm³/mol. The van der Waals surface area contributed by atoms with Crippen molar-refractivity contribution in [2.45, 2.75) is 0 Å². The van der Waals surface area contributed by atoms with Crippen LogP contribution in [-0.2, 0) is 9.59 Å². The molecule has 1 heterocycles. The zero-order valence-electron chi connectivity index (χ0n) is 12.9. The molecule has 1 N–H and O–H groups in total. The standard InChI is InChI=1S/C9H7FN2.C7H5FO.C2H2O2/c10-8-4-2-1-3-7(8)9-11-5-6-12-9;8-7-4-2-1-3-6(7)5-9;3-1-2-4/h1-6H,(H,11,12);1-5H;1-2H. The first-order valence-corrected chi connectivity index (χ1v) is 6.97. The van der Waals surface area contributed by atoms with E-state index in [9.17, 15) is 13.6 Å². The van der Waals surface area contributed by atoms with Gasteiger partial charge in [0.05, 0.1) is 11.1 Å². The second-order valence-electron chi connectivity index (χ2n) is 4.33. The Labute approximate surface area is 142 Å². The highest BCUT2D eigenvalue weighted by atomic mass is 19.1. The van der Waals surface area contributed by atoms with Crippen molar-refractivity contribution in [1.82, 2.24) is 9.97 Å². The van der Waals surface area contributed by atoms with Gasteiger partial charge in [0.2, 0.25) is 0 Å². The Morgan fingerprint density at radius 1 is 0.840 bits per heavy atom. The monoisotopic (exact) mass is 344 g/mol. The van der Waals surface area contributed by atoms with E-state index in [0.717, 1.165) is 0 Å². The van der Waals surface area contributed by atoms with Gasteiger partial charge in [-0.15, -0.1) is 0 Å². The Kier molecular flexibility index (Phi) is 8.70. The molecule has 0 aliphatic carbocycles. The van der Waals surface area contributed by atoms with Crippen molar-refractivity contribution >= 4 is 18.9 Å². The lowest BCUT2D eigenvalue weighted by Crippen LogP contribution is -1.84. The van der Waals surface area contributed by atoms with Crippen LogP contribution in [0.2, 0.25) is 0 Å². The van der Waals surface area contributed by atoms with Crippen molar-refractivity contribution in [3.63, 3.8) is 0 Å². The lowest BCUT2D eigenvalue weighted by atomic mass is 10.2. The summed E-state index contributed by atoms with van der Waals surface area (Å²) in [5.74, 6) is -0.159. The topological polar surface area (TPSA) is 79.9 Å². The van der Waals surface area contributed by atoms with Gasteiger partial charge >= 0.3 is 0 Å². The molecule has 1 aromatic heterocycles. The van der Waals surface area contributed by atoms with E-state index in [0.29, 0.717) is 17.7 Å². The SMILES string of the molecule is Fc1ccccc1-c1ncc[nH]1.O=CC=O.O=Cc1ccccc1F. The van der Waals surface area contributed by atoms with Crippen LogP contribution in [0.25, 0.3) is 11.4 Å². The zero-order valence-corrected chi connectivity index (χ0v) is 12.9. The minimum absolute atomic E-state index is 0.109. The van der Waals surface area contributed by atoms with Crippen molar-refractivity contribution in [2.75, 3.05) is 0 Å². The highest BCUT2D eigenvalue weighted by Crippen LogP contribution is 2.17. The highest BCUT2D eigenvalue weighted by molar-refractivity contribution is 6.09. The number of carbonyl (C=O) groups is 3. The van der Waals surface area contributed by atoms with Gasteiger partial charge in [-0.3, -0.25) is 14.4 Å². The van der Waals surface area contributed by atoms with Crippen molar-refractivity contribution in [2.24, 2.45) is 0 Å². The Bertz CT molecular complexity index is 800. The van der Waals surface area contributed by atoms with Crippen LogP contribution >= 0.6 is 0 Å². The number of H-pyrrole nitrogens is 1. The summed E-state index contributed by atoms with van der Waals surface area (Å²) in [5, 5.41) is 0. The minimum atomic E-state index is -0.465. The van der Waals surface area contributed by atoms with Gasteiger partial charge in [-0.1, -0.05) is 24.3 Å². The number of aromatic nitrogens is 2. The molecule has 0 amide bonds. The fourth-order valence-electron chi connectivity index (χ4n) is 1.64. The van der Waals surface area contributed by atoms with E-state index in [-0.39, 0.29) is 24.0 Å². The van der Waals surface area contributed by atoms with Crippen LogP contribution in [0.4, 0.5) is 8.78 Å². The fraction of sp³-hybridized carbons (Fsp3) is 0. The third-order valence-corrected chi connectivity index (χ3v) is 2.71. The van der Waals surface area contributed by atoms with Gasteiger partial charge in [0.25, 0.3) is 0 Å². The molecule has 0 aliphatic rings. The number of nitrogens with zero attached hydrogens (tertiary/aromatic N) is 1. The summed E-state index contributed by atoms with van der Waals surface area (Å²) in [6.45, 7) is 0. The first kappa shape index (κ1) is 19.6. The Morgan fingerprint density at radius 2 is 1.44 bits per heavy atom. The fourth-order valence-corrected chi connectivity index (χ4v) is 1.64. The van der Waals surface area contributed by atoms with Gasteiger partial charge in [0.15, 0.2) is 18.9 Å². The van der Waals surface area contributed by atoms with E-state index in [2.05, 4.69) is 9.97 Å². The predicted octanol–water partition coefficient (Wildman–Crippen LogP) is 3.24. The van der Waals surface area contributed by atoms with Gasteiger partial charge in [0.1, 0.15) is 17.5 Å². The molecule has 0 unspecified atom stereocenters. The molecule has 0 spiro atoms. The molecule has 0 saturated heterocycles. The maximum absolute atomic E-state index is 13.1. The molecule has 2 aromatic carbocycles. The molecule has 0 atom stereocenters.